The summed E-state index contributed by atoms with van der Waals surface area (Å²) in [5.41, 5.74) is 18.7. The Hall–Kier alpha value is -6.94. The molecule has 4 fully saturated rings. The number of hydrogen-bond acceptors (Lipinski definition) is 3. The van der Waals surface area contributed by atoms with Gasteiger partial charge in [0.2, 0.25) is 0 Å². The molecular weight excluding hydrogens is 805 g/mol. The summed E-state index contributed by atoms with van der Waals surface area (Å²) in [6.07, 6.45) is 6.85. The average Bonchev–Trinajstić information content (AvgIpc) is 3.89. The minimum absolute atomic E-state index is 0.0220. The summed E-state index contributed by atoms with van der Waals surface area (Å²) in [5, 5.41) is 2.69. The first-order chi connectivity index (χ1) is 32.2. The van der Waals surface area contributed by atoms with Crippen LogP contribution in [0.3, 0.4) is 0 Å². The van der Waals surface area contributed by atoms with E-state index in [1.165, 1.54) is 91.2 Å². The zero-order valence-electron chi connectivity index (χ0n) is 36.1. The molecule has 0 saturated heterocycles. The summed E-state index contributed by atoms with van der Waals surface area (Å²) in [7, 11) is 0. The van der Waals surface area contributed by atoms with Crippen LogP contribution in [-0.4, -0.2) is 9.97 Å². The van der Waals surface area contributed by atoms with Gasteiger partial charge in [0.25, 0.3) is 0 Å². The number of aromatic nitrogens is 2. The fraction of sp³-hybridized carbons (Fsp3) is 0.161. The van der Waals surface area contributed by atoms with Gasteiger partial charge in [0.1, 0.15) is 0 Å². The molecule has 3 heteroatoms. The second-order valence-electron chi connectivity index (χ2n) is 19.3. The van der Waals surface area contributed by atoms with Crippen LogP contribution in [-0.2, 0) is 5.41 Å². The maximum atomic E-state index is 5.31. The Morgan fingerprint density at radius 2 is 0.938 bits per heavy atom. The van der Waals surface area contributed by atoms with Crippen molar-refractivity contribution in [2.24, 2.45) is 23.7 Å². The van der Waals surface area contributed by atoms with Gasteiger partial charge in [-0.25, -0.2) is 9.97 Å². The predicted octanol–water partition coefficient (Wildman–Crippen LogP) is 16.6. The van der Waals surface area contributed by atoms with Crippen molar-refractivity contribution < 1.29 is 0 Å². The molecule has 0 aliphatic heterocycles. The van der Waals surface area contributed by atoms with Crippen LogP contribution >= 0.6 is 11.3 Å². The number of thiophene rings is 1. The fourth-order valence-electron chi connectivity index (χ4n) is 13.5. The largest absolute Gasteiger partial charge is 0.228 e. The molecule has 0 N–H and O–H groups in total. The summed E-state index contributed by atoms with van der Waals surface area (Å²) in [6.45, 7) is 0. The highest BCUT2D eigenvalue weighted by atomic mass is 32.1. The monoisotopic (exact) mass is 850 g/mol. The zero-order chi connectivity index (χ0) is 42.6. The van der Waals surface area contributed by atoms with Crippen molar-refractivity contribution in [3.63, 3.8) is 0 Å². The summed E-state index contributed by atoms with van der Waals surface area (Å²) in [4.78, 5) is 10.6. The molecule has 1 spiro atoms. The number of nitrogens with zero attached hydrogens (tertiary/aromatic N) is 2. The highest BCUT2D eigenvalue weighted by Gasteiger charge is 2.62. The van der Waals surface area contributed by atoms with Gasteiger partial charge in [-0.05, 0) is 154 Å². The third kappa shape index (κ3) is 5.78. The summed E-state index contributed by atoms with van der Waals surface area (Å²) < 4.78 is 2.69. The highest BCUT2D eigenvalue weighted by Crippen LogP contribution is 2.70. The van der Waals surface area contributed by atoms with Crippen molar-refractivity contribution in [1.82, 2.24) is 9.97 Å². The summed E-state index contributed by atoms with van der Waals surface area (Å²) in [5.74, 6) is 3.80. The molecule has 15 rings (SSSR count). The molecule has 5 aliphatic rings. The minimum atomic E-state index is 0.0220. The molecule has 310 valence electrons. The second-order valence-corrected chi connectivity index (χ2v) is 20.4. The van der Waals surface area contributed by atoms with Crippen LogP contribution in [0, 0.1) is 23.7 Å². The van der Waals surface area contributed by atoms with Gasteiger partial charge in [0, 0.05) is 42.3 Å². The molecule has 5 aliphatic carbocycles. The Balaban J connectivity index is 0.983. The maximum Gasteiger partial charge on any atom is 0.161 e. The van der Waals surface area contributed by atoms with E-state index in [4.69, 9.17) is 9.97 Å². The van der Waals surface area contributed by atoms with Crippen LogP contribution in [0.4, 0.5) is 0 Å². The van der Waals surface area contributed by atoms with E-state index >= 15 is 0 Å². The lowest BCUT2D eigenvalue weighted by molar-refractivity contribution is -0.0397. The molecule has 2 nitrogen and oxygen atoms in total. The van der Waals surface area contributed by atoms with Crippen LogP contribution in [0.25, 0.3) is 98.6 Å². The van der Waals surface area contributed by atoms with Gasteiger partial charge in [-0.15, -0.1) is 11.3 Å². The van der Waals surface area contributed by atoms with Gasteiger partial charge in [0.15, 0.2) is 5.82 Å². The predicted molar refractivity (Wildman–Crippen MR) is 271 cm³/mol. The quantitative estimate of drug-likeness (QED) is 0.167. The second kappa shape index (κ2) is 14.5. The molecule has 65 heavy (non-hydrogen) atoms. The third-order valence-electron chi connectivity index (χ3n) is 15.9. The Bertz CT molecular complexity index is 3420. The van der Waals surface area contributed by atoms with Crippen molar-refractivity contribution in [1.29, 1.82) is 0 Å². The van der Waals surface area contributed by atoms with E-state index in [-0.39, 0.29) is 5.41 Å². The Kier molecular flexibility index (Phi) is 8.37. The number of fused-ring (bicyclic) bond motifs is 6. The van der Waals surface area contributed by atoms with Gasteiger partial charge >= 0.3 is 0 Å². The number of hydrogen-bond donors (Lipinski definition) is 0. The van der Waals surface area contributed by atoms with E-state index in [1.807, 2.05) is 11.3 Å². The molecule has 0 radical (unpaired) electrons. The molecular formula is C62H46N2S. The smallest absolute Gasteiger partial charge is 0.161 e. The molecule has 8 aromatic carbocycles. The summed E-state index contributed by atoms with van der Waals surface area (Å²) in [6, 6.07) is 72.1. The molecule has 10 aromatic rings. The lowest BCUT2D eigenvalue weighted by atomic mass is 9.42. The van der Waals surface area contributed by atoms with E-state index in [2.05, 4.69) is 194 Å². The van der Waals surface area contributed by atoms with E-state index in [0.29, 0.717) is 11.8 Å². The molecule has 2 aromatic heterocycles. The van der Waals surface area contributed by atoms with Crippen molar-refractivity contribution >= 4 is 31.5 Å². The van der Waals surface area contributed by atoms with Crippen molar-refractivity contribution in [3.8, 4) is 78.4 Å². The average molecular weight is 851 g/mol. The van der Waals surface area contributed by atoms with Gasteiger partial charge in [0.05, 0.1) is 11.4 Å². The molecule has 2 heterocycles. The number of benzene rings is 8. The van der Waals surface area contributed by atoms with E-state index < -0.39 is 0 Å². The minimum Gasteiger partial charge on any atom is -0.228 e. The van der Waals surface area contributed by atoms with Gasteiger partial charge in [-0.2, -0.15) is 0 Å². The summed E-state index contributed by atoms with van der Waals surface area (Å²) >= 11 is 1.89. The Morgan fingerprint density at radius 3 is 1.66 bits per heavy atom. The Morgan fingerprint density at radius 1 is 0.369 bits per heavy atom. The van der Waals surface area contributed by atoms with Crippen LogP contribution in [0.5, 0.6) is 0 Å². The maximum absolute atomic E-state index is 5.31. The van der Waals surface area contributed by atoms with E-state index in [9.17, 15) is 0 Å². The third-order valence-corrected chi connectivity index (χ3v) is 17.0. The first-order valence-corrected chi connectivity index (χ1v) is 24.4. The van der Waals surface area contributed by atoms with E-state index in [1.54, 1.807) is 11.1 Å². The lowest BCUT2D eigenvalue weighted by Crippen LogP contribution is -2.55. The molecule has 4 saturated carbocycles. The molecule has 0 amide bonds. The Labute approximate surface area is 384 Å². The lowest BCUT2D eigenvalue weighted by Gasteiger charge is -2.61. The van der Waals surface area contributed by atoms with Crippen LogP contribution < -0.4 is 0 Å². The molecule has 0 unspecified atom stereocenters. The van der Waals surface area contributed by atoms with E-state index in [0.717, 1.165) is 51.3 Å². The van der Waals surface area contributed by atoms with Crippen molar-refractivity contribution in [2.75, 3.05) is 0 Å². The SMILES string of the molecule is c1ccc(-c2cc(-c3ccccc3)nc(-c3ccccc3-c3cccc(-c4cc(-c5ccc6sc7ccccc7c6c5)cc5c4C4(c6ccccc6-5)C5CC6CC(C5)CC4C6)c3)n2)cc1. The van der Waals surface area contributed by atoms with Gasteiger partial charge < -0.3 is 0 Å². The topological polar surface area (TPSA) is 25.8 Å². The van der Waals surface area contributed by atoms with Gasteiger partial charge in [-0.3, -0.25) is 0 Å². The molecule has 0 atom stereocenters. The zero-order valence-corrected chi connectivity index (χ0v) is 36.9. The molecule has 4 bridgehead atoms. The van der Waals surface area contributed by atoms with Crippen LogP contribution in [0.15, 0.2) is 194 Å². The number of rotatable bonds is 6. The first kappa shape index (κ1) is 37.4. The van der Waals surface area contributed by atoms with Gasteiger partial charge in [-0.1, -0.05) is 152 Å². The standard InChI is InChI=1S/C62H46N2S/c1-3-14-40(15-4-1)56-37-57(41-16-5-2-6-17-41)64-61(63-56)51-23-8-7-20-48(51)43-18-13-19-44(33-43)52-35-45(42-26-27-59-53(34-42)50-22-10-12-25-58(50)65-59)36-54-49-21-9-11-24-55(49)62(60(52)54)46-29-38-28-39(31-46)32-47(62)30-38/h1-27,33-39,46-47H,28-32H2. The first-order valence-electron chi connectivity index (χ1n) is 23.6. The van der Waals surface area contributed by atoms with Crippen molar-refractivity contribution in [2.45, 2.75) is 37.5 Å². The van der Waals surface area contributed by atoms with Crippen molar-refractivity contribution in [3.05, 3.63) is 205 Å². The highest BCUT2D eigenvalue weighted by molar-refractivity contribution is 7.25. The normalized spacial score (nSPS) is 21.3. The fourth-order valence-corrected chi connectivity index (χ4v) is 14.5. The van der Waals surface area contributed by atoms with Crippen LogP contribution in [0.2, 0.25) is 0 Å². The van der Waals surface area contributed by atoms with Crippen LogP contribution in [0.1, 0.15) is 43.2 Å².